The Kier molecular flexibility index (Phi) is 5.33. The summed E-state index contributed by atoms with van der Waals surface area (Å²) in [6.07, 6.45) is 8.82. The van der Waals surface area contributed by atoms with Crippen LogP contribution in [0.25, 0.3) is 0 Å². The Morgan fingerprint density at radius 1 is 1.37 bits per heavy atom. The fourth-order valence-corrected chi connectivity index (χ4v) is 2.59. The molecule has 2 rings (SSSR count). The van der Waals surface area contributed by atoms with E-state index in [1.165, 1.54) is 0 Å². The minimum absolute atomic E-state index is 0.122. The molecule has 19 heavy (non-hydrogen) atoms. The number of carbonyl (C=O) groups excluding carboxylic acids is 1. The topological polar surface area (TPSA) is 62.2 Å². The van der Waals surface area contributed by atoms with Gasteiger partial charge in [0.1, 0.15) is 0 Å². The Morgan fingerprint density at radius 3 is 2.79 bits per heavy atom. The van der Waals surface area contributed by atoms with Crippen molar-refractivity contribution < 1.29 is 9.90 Å². The van der Waals surface area contributed by atoms with E-state index >= 15 is 0 Å². The Bertz CT molecular complexity index is 386. The van der Waals surface area contributed by atoms with E-state index < -0.39 is 0 Å². The number of hydrogen-bond donors (Lipinski definition) is 2. The van der Waals surface area contributed by atoms with Gasteiger partial charge in [0, 0.05) is 31.5 Å². The molecule has 4 nitrogen and oxygen atoms in total. The van der Waals surface area contributed by atoms with E-state index in [4.69, 9.17) is 5.11 Å². The van der Waals surface area contributed by atoms with E-state index in [2.05, 4.69) is 10.3 Å². The average Bonchev–Trinajstić information content (AvgIpc) is 2.47. The van der Waals surface area contributed by atoms with Crippen LogP contribution >= 0.6 is 0 Å². The summed E-state index contributed by atoms with van der Waals surface area (Å²) in [6, 6.07) is 4.18. The largest absolute Gasteiger partial charge is 0.396 e. The quantitative estimate of drug-likeness (QED) is 0.848. The Balaban J connectivity index is 1.67. The van der Waals surface area contributed by atoms with Gasteiger partial charge in [-0.25, -0.2) is 0 Å². The minimum Gasteiger partial charge on any atom is -0.396 e. The lowest BCUT2D eigenvalue weighted by Gasteiger charge is -2.27. The van der Waals surface area contributed by atoms with Crippen molar-refractivity contribution in [3.05, 3.63) is 30.1 Å². The Hall–Kier alpha value is -1.42. The summed E-state index contributed by atoms with van der Waals surface area (Å²) < 4.78 is 0. The van der Waals surface area contributed by atoms with E-state index in [1.807, 2.05) is 12.1 Å². The number of aryl methyl sites for hydroxylation is 1. The number of amides is 1. The Morgan fingerprint density at radius 2 is 2.16 bits per heavy atom. The van der Waals surface area contributed by atoms with Crippen LogP contribution in [0, 0.1) is 5.92 Å². The van der Waals surface area contributed by atoms with Gasteiger partial charge in [0.05, 0.1) is 0 Å². The molecule has 0 radical (unpaired) electrons. The molecule has 0 aliphatic heterocycles. The highest BCUT2D eigenvalue weighted by Gasteiger charge is 2.21. The number of aliphatic hydroxyl groups is 1. The van der Waals surface area contributed by atoms with Gasteiger partial charge in [-0.05, 0) is 49.7 Å². The molecular formula is C15H22N2O2. The van der Waals surface area contributed by atoms with Crippen molar-refractivity contribution in [2.45, 2.75) is 44.6 Å². The first kappa shape index (κ1) is 14.0. The molecule has 1 saturated carbocycles. The second kappa shape index (κ2) is 7.24. The second-order valence-electron chi connectivity index (χ2n) is 5.33. The minimum atomic E-state index is 0.122. The van der Waals surface area contributed by atoms with Crippen LogP contribution in [0.15, 0.2) is 24.5 Å². The molecular weight excluding hydrogens is 240 g/mol. The zero-order valence-electron chi connectivity index (χ0n) is 11.2. The molecule has 1 amide bonds. The van der Waals surface area contributed by atoms with Gasteiger partial charge in [0.15, 0.2) is 0 Å². The number of hydrogen-bond acceptors (Lipinski definition) is 3. The monoisotopic (exact) mass is 262 g/mol. The molecule has 0 spiro atoms. The number of pyridine rings is 1. The van der Waals surface area contributed by atoms with Crippen LogP contribution < -0.4 is 5.32 Å². The first-order chi connectivity index (χ1) is 9.28. The molecule has 1 heterocycles. The highest BCUT2D eigenvalue weighted by Crippen LogP contribution is 2.23. The smallest absolute Gasteiger partial charge is 0.220 e. The highest BCUT2D eigenvalue weighted by molar-refractivity contribution is 5.76. The summed E-state index contributed by atoms with van der Waals surface area (Å²) in [4.78, 5) is 15.9. The molecule has 0 atom stereocenters. The van der Waals surface area contributed by atoms with E-state index in [9.17, 15) is 4.79 Å². The van der Waals surface area contributed by atoms with Crippen LogP contribution in [0.2, 0.25) is 0 Å². The molecule has 0 aromatic carbocycles. The van der Waals surface area contributed by atoms with Crippen molar-refractivity contribution in [3.8, 4) is 0 Å². The molecule has 104 valence electrons. The van der Waals surface area contributed by atoms with Crippen molar-refractivity contribution in [3.63, 3.8) is 0 Å². The molecule has 1 aromatic rings. The third kappa shape index (κ3) is 4.63. The summed E-state index contributed by atoms with van der Waals surface area (Å²) in [5.41, 5.74) is 1.10. The number of nitrogens with one attached hydrogen (secondary N) is 1. The first-order valence-electron chi connectivity index (χ1n) is 7.07. The first-order valence-corrected chi connectivity index (χ1v) is 7.07. The second-order valence-corrected chi connectivity index (χ2v) is 5.33. The summed E-state index contributed by atoms with van der Waals surface area (Å²) in [6.45, 7) is 0.279. The average molecular weight is 262 g/mol. The normalized spacial score (nSPS) is 23.0. The fourth-order valence-electron chi connectivity index (χ4n) is 2.59. The van der Waals surface area contributed by atoms with Crippen LogP contribution in [0.5, 0.6) is 0 Å². The molecule has 1 aliphatic carbocycles. The lowest BCUT2D eigenvalue weighted by atomic mass is 9.86. The van der Waals surface area contributed by atoms with E-state index in [0.717, 1.165) is 37.7 Å². The van der Waals surface area contributed by atoms with Crippen LogP contribution in [0.4, 0.5) is 0 Å². The van der Waals surface area contributed by atoms with Gasteiger partial charge in [-0.1, -0.05) is 6.07 Å². The maximum Gasteiger partial charge on any atom is 0.220 e. The fraction of sp³-hybridized carbons (Fsp3) is 0.600. The summed E-state index contributed by atoms with van der Waals surface area (Å²) in [5, 5.41) is 12.2. The van der Waals surface area contributed by atoms with Crippen LogP contribution in [-0.4, -0.2) is 28.6 Å². The van der Waals surface area contributed by atoms with Crippen LogP contribution in [0.1, 0.15) is 37.7 Å². The molecule has 0 bridgehead atoms. The zero-order chi connectivity index (χ0) is 13.5. The number of aliphatic hydroxyl groups excluding tert-OH is 1. The van der Waals surface area contributed by atoms with Gasteiger partial charge >= 0.3 is 0 Å². The van der Waals surface area contributed by atoms with Gasteiger partial charge in [-0.15, -0.1) is 0 Å². The van der Waals surface area contributed by atoms with Crippen molar-refractivity contribution in [2.24, 2.45) is 5.92 Å². The molecule has 1 fully saturated rings. The van der Waals surface area contributed by atoms with Crippen molar-refractivity contribution >= 4 is 5.91 Å². The summed E-state index contributed by atoms with van der Waals surface area (Å²) in [5.74, 6) is 0.555. The summed E-state index contributed by atoms with van der Waals surface area (Å²) in [7, 11) is 0. The maximum absolute atomic E-state index is 11.9. The number of rotatable bonds is 5. The maximum atomic E-state index is 11.9. The van der Waals surface area contributed by atoms with Gasteiger partial charge in [-0.2, -0.15) is 0 Å². The SMILES string of the molecule is O=C(CCc1cccnc1)NC1CCC(CO)CC1. The molecule has 0 unspecified atom stereocenters. The van der Waals surface area contributed by atoms with Crippen LogP contribution in [0.3, 0.4) is 0 Å². The number of carbonyl (C=O) groups is 1. The van der Waals surface area contributed by atoms with E-state index in [-0.39, 0.29) is 12.5 Å². The molecule has 2 N–H and O–H groups in total. The molecule has 1 aromatic heterocycles. The zero-order valence-corrected chi connectivity index (χ0v) is 11.2. The predicted octanol–water partition coefficient (Wildman–Crippen LogP) is 1.68. The molecule has 1 aliphatic rings. The lowest BCUT2D eigenvalue weighted by Crippen LogP contribution is -2.38. The van der Waals surface area contributed by atoms with Crippen molar-refractivity contribution in [1.82, 2.24) is 10.3 Å². The standard InChI is InChI=1S/C15H22N2O2/c18-11-13-3-6-14(7-4-13)17-15(19)8-5-12-2-1-9-16-10-12/h1-2,9-10,13-14,18H,3-8,11H2,(H,17,19). The van der Waals surface area contributed by atoms with Gasteiger partial charge in [0.25, 0.3) is 0 Å². The van der Waals surface area contributed by atoms with Crippen molar-refractivity contribution in [2.75, 3.05) is 6.61 Å². The molecule has 4 heteroatoms. The third-order valence-electron chi connectivity index (χ3n) is 3.83. The third-order valence-corrected chi connectivity index (χ3v) is 3.83. The number of aromatic nitrogens is 1. The lowest BCUT2D eigenvalue weighted by molar-refractivity contribution is -0.122. The highest BCUT2D eigenvalue weighted by atomic mass is 16.3. The van der Waals surface area contributed by atoms with Gasteiger partial charge in [0.2, 0.25) is 5.91 Å². The number of nitrogens with zero attached hydrogens (tertiary/aromatic N) is 1. The van der Waals surface area contributed by atoms with E-state index in [0.29, 0.717) is 18.4 Å². The van der Waals surface area contributed by atoms with E-state index in [1.54, 1.807) is 12.4 Å². The van der Waals surface area contributed by atoms with Gasteiger partial charge in [-0.3, -0.25) is 9.78 Å². The van der Waals surface area contributed by atoms with Crippen molar-refractivity contribution in [1.29, 1.82) is 0 Å². The molecule has 0 saturated heterocycles. The summed E-state index contributed by atoms with van der Waals surface area (Å²) >= 11 is 0. The van der Waals surface area contributed by atoms with Gasteiger partial charge < -0.3 is 10.4 Å². The van der Waals surface area contributed by atoms with Crippen LogP contribution in [-0.2, 0) is 11.2 Å². The Labute approximate surface area is 114 Å². The predicted molar refractivity (Wildman–Crippen MR) is 73.5 cm³/mol.